The van der Waals surface area contributed by atoms with Crippen molar-refractivity contribution in [1.82, 2.24) is 4.98 Å². The fraction of sp³-hybridized carbons (Fsp3) is 0.154. The van der Waals surface area contributed by atoms with E-state index >= 15 is 0 Å². The maximum Gasteiger partial charge on any atom is 0.169 e. The lowest BCUT2D eigenvalue weighted by atomic mass is 10.3. The minimum Gasteiger partial charge on any atom is -0.485 e. The molecule has 17 heavy (non-hydrogen) atoms. The molecule has 0 bridgehead atoms. The standard InChI is InChI=1S/C12H9NO2.CH5N/c1-2-4-11-10(3-1)14-8-9-5-6-13-7-12(9)15-11;1-2/h1-7H,8H2;2H2,1H3. The van der Waals surface area contributed by atoms with Crippen molar-refractivity contribution in [2.24, 2.45) is 5.73 Å². The summed E-state index contributed by atoms with van der Waals surface area (Å²) in [4.78, 5) is 4.03. The van der Waals surface area contributed by atoms with E-state index < -0.39 is 0 Å². The zero-order valence-electron chi connectivity index (χ0n) is 9.59. The summed E-state index contributed by atoms with van der Waals surface area (Å²) in [5, 5.41) is 0. The first kappa shape index (κ1) is 11.4. The third-order valence-corrected chi connectivity index (χ3v) is 2.32. The van der Waals surface area contributed by atoms with Crippen molar-refractivity contribution in [2.75, 3.05) is 7.05 Å². The summed E-state index contributed by atoms with van der Waals surface area (Å²) in [5.41, 5.74) is 5.52. The van der Waals surface area contributed by atoms with Crippen LogP contribution in [0.25, 0.3) is 0 Å². The first-order valence-electron chi connectivity index (χ1n) is 5.34. The van der Waals surface area contributed by atoms with Crippen molar-refractivity contribution in [3.05, 3.63) is 48.3 Å². The van der Waals surface area contributed by atoms with E-state index in [1.54, 1.807) is 12.4 Å². The Hall–Kier alpha value is -2.07. The molecule has 1 aliphatic heterocycles. The third-order valence-electron chi connectivity index (χ3n) is 2.32. The van der Waals surface area contributed by atoms with E-state index in [1.807, 2.05) is 30.3 Å². The second kappa shape index (κ2) is 5.32. The normalized spacial score (nSPS) is 11.6. The van der Waals surface area contributed by atoms with Crippen LogP contribution < -0.4 is 15.2 Å². The van der Waals surface area contributed by atoms with E-state index in [0.29, 0.717) is 6.61 Å². The van der Waals surface area contributed by atoms with Crippen molar-refractivity contribution in [2.45, 2.75) is 6.61 Å². The van der Waals surface area contributed by atoms with Crippen LogP contribution in [0.2, 0.25) is 0 Å². The van der Waals surface area contributed by atoms with Crippen molar-refractivity contribution >= 4 is 0 Å². The van der Waals surface area contributed by atoms with Crippen LogP contribution in [-0.2, 0) is 6.61 Å². The van der Waals surface area contributed by atoms with Gasteiger partial charge < -0.3 is 15.2 Å². The van der Waals surface area contributed by atoms with E-state index in [9.17, 15) is 0 Å². The summed E-state index contributed by atoms with van der Waals surface area (Å²) in [6, 6.07) is 9.53. The number of fused-ring (bicyclic) bond motifs is 2. The Labute approximate surface area is 100 Å². The van der Waals surface area contributed by atoms with Crippen LogP contribution in [0.4, 0.5) is 0 Å². The molecule has 0 amide bonds. The highest BCUT2D eigenvalue weighted by Gasteiger charge is 2.14. The molecule has 0 atom stereocenters. The molecule has 0 saturated carbocycles. The van der Waals surface area contributed by atoms with Gasteiger partial charge >= 0.3 is 0 Å². The highest BCUT2D eigenvalue weighted by Crippen LogP contribution is 2.36. The zero-order chi connectivity index (χ0) is 12.1. The van der Waals surface area contributed by atoms with Crippen LogP contribution >= 0.6 is 0 Å². The summed E-state index contributed by atoms with van der Waals surface area (Å²) >= 11 is 0. The number of para-hydroxylation sites is 2. The van der Waals surface area contributed by atoms with Gasteiger partial charge in [0.1, 0.15) is 6.61 Å². The van der Waals surface area contributed by atoms with Gasteiger partial charge in [-0.1, -0.05) is 12.1 Å². The summed E-state index contributed by atoms with van der Waals surface area (Å²) < 4.78 is 11.3. The monoisotopic (exact) mass is 230 g/mol. The number of hydrogen-bond acceptors (Lipinski definition) is 4. The summed E-state index contributed by atoms with van der Waals surface area (Å²) in [5.74, 6) is 2.28. The summed E-state index contributed by atoms with van der Waals surface area (Å²) in [6.07, 6.45) is 3.45. The van der Waals surface area contributed by atoms with Gasteiger partial charge in [0.05, 0.1) is 6.20 Å². The average Bonchev–Trinajstić information content (AvgIpc) is 2.60. The van der Waals surface area contributed by atoms with Crippen molar-refractivity contribution < 1.29 is 9.47 Å². The SMILES string of the molecule is CN.c1ccc2c(c1)OCc1ccncc1O2. The van der Waals surface area contributed by atoms with Crippen molar-refractivity contribution in [3.8, 4) is 17.2 Å². The lowest BCUT2D eigenvalue weighted by Gasteiger charge is -2.05. The van der Waals surface area contributed by atoms with Gasteiger partial charge in [-0.15, -0.1) is 0 Å². The molecule has 0 unspecified atom stereocenters. The number of nitrogens with zero attached hydrogens (tertiary/aromatic N) is 1. The van der Waals surface area contributed by atoms with Crippen LogP contribution in [0.15, 0.2) is 42.7 Å². The molecule has 0 spiro atoms. The van der Waals surface area contributed by atoms with Gasteiger partial charge in [-0.3, -0.25) is 4.98 Å². The number of ether oxygens (including phenoxy) is 2. The highest BCUT2D eigenvalue weighted by molar-refractivity contribution is 5.45. The van der Waals surface area contributed by atoms with E-state index in [-0.39, 0.29) is 0 Å². The van der Waals surface area contributed by atoms with Crippen LogP contribution in [-0.4, -0.2) is 12.0 Å². The molecule has 2 aromatic rings. The van der Waals surface area contributed by atoms with E-state index in [2.05, 4.69) is 10.7 Å². The maximum absolute atomic E-state index is 5.71. The molecule has 4 heteroatoms. The van der Waals surface area contributed by atoms with E-state index in [4.69, 9.17) is 9.47 Å². The number of aromatic nitrogens is 1. The molecule has 2 heterocycles. The molecule has 0 aliphatic carbocycles. The van der Waals surface area contributed by atoms with E-state index in [1.165, 1.54) is 7.05 Å². The molecule has 4 nitrogen and oxygen atoms in total. The smallest absolute Gasteiger partial charge is 0.169 e. The molecule has 88 valence electrons. The Morgan fingerprint density at radius 1 is 1.06 bits per heavy atom. The first-order valence-corrected chi connectivity index (χ1v) is 5.34. The van der Waals surface area contributed by atoms with Crippen LogP contribution in [0.5, 0.6) is 17.2 Å². The predicted molar refractivity (Wildman–Crippen MR) is 65.2 cm³/mol. The Morgan fingerprint density at radius 2 is 1.82 bits per heavy atom. The third kappa shape index (κ3) is 2.37. The minimum absolute atomic E-state index is 0.523. The molecule has 0 saturated heterocycles. The predicted octanol–water partition coefficient (Wildman–Crippen LogP) is 2.34. The van der Waals surface area contributed by atoms with Gasteiger partial charge in [-0.25, -0.2) is 0 Å². The number of benzene rings is 1. The largest absolute Gasteiger partial charge is 0.485 e. The quantitative estimate of drug-likeness (QED) is 0.754. The second-order valence-corrected chi connectivity index (χ2v) is 3.32. The topological polar surface area (TPSA) is 57.4 Å². The van der Waals surface area contributed by atoms with Crippen LogP contribution in [0.3, 0.4) is 0 Å². The minimum atomic E-state index is 0.523. The summed E-state index contributed by atoms with van der Waals surface area (Å²) in [6.45, 7) is 0.523. The molecule has 2 N–H and O–H groups in total. The summed E-state index contributed by atoms with van der Waals surface area (Å²) in [7, 11) is 1.50. The van der Waals surface area contributed by atoms with E-state index in [0.717, 1.165) is 22.8 Å². The average molecular weight is 230 g/mol. The fourth-order valence-corrected chi connectivity index (χ4v) is 1.55. The fourth-order valence-electron chi connectivity index (χ4n) is 1.55. The maximum atomic E-state index is 5.71. The van der Waals surface area contributed by atoms with Gasteiger partial charge in [-0.05, 0) is 25.2 Å². The Balaban J connectivity index is 0.000000514. The molecule has 1 aromatic heterocycles. The lowest BCUT2D eigenvalue weighted by Crippen LogP contribution is -1.93. The molecule has 1 aliphatic rings. The van der Waals surface area contributed by atoms with Gasteiger partial charge in [0.2, 0.25) is 0 Å². The number of rotatable bonds is 0. The van der Waals surface area contributed by atoms with Crippen molar-refractivity contribution in [3.63, 3.8) is 0 Å². The molecule has 0 fully saturated rings. The van der Waals surface area contributed by atoms with Crippen LogP contribution in [0.1, 0.15) is 5.56 Å². The Kier molecular flexibility index (Phi) is 3.57. The Bertz CT molecular complexity index is 455. The van der Waals surface area contributed by atoms with Gasteiger partial charge in [0.15, 0.2) is 17.2 Å². The lowest BCUT2D eigenvalue weighted by molar-refractivity contribution is 0.307. The van der Waals surface area contributed by atoms with Crippen molar-refractivity contribution in [1.29, 1.82) is 0 Å². The molecular formula is C13H14N2O2. The number of nitrogens with two attached hydrogens (primary N) is 1. The molecule has 0 radical (unpaired) electrons. The van der Waals surface area contributed by atoms with Gasteiger partial charge in [-0.2, -0.15) is 0 Å². The second-order valence-electron chi connectivity index (χ2n) is 3.32. The first-order chi connectivity index (χ1) is 8.43. The number of hydrogen-bond donors (Lipinski definition) is 1. The zero-order valence-corrected chi connectivity index (χ0v) is 9.59. The Morgan fingerprint density at radius 3 is 2.65 bits per heavy atom. The van der Waals surface area contributed by atoms with Gasteiger partial charge in [0, 0.05) is 11.8 Å². The number of pyridine rings is 1. The van der Waals surface area contributed by atoms with Gasteiger partial charge in [0.25, 0.3) is 0 Å². The van der Waals surface area contributed by atoms with Crippen LogP contribution in [0, 0.1) is 0 Å². The molecule has 3 rings (SSSR count). The highest BCUT2D eigenvalue weighted by atomic mass is 16.5. The molecule has 1 aromatic carbocycles. The molecular weight excluding hydrogens is 216 g/mol.